The van der Waals surface area contributed by atoms with E-state index in [9.17, 15) is 18.0 Å². The summed E-state index contributed by atoms with van der Waals surface area (Å²) >= 11 is 10.6. The highest BCUT2D eigenvalue weighted by atomic mass is 79.9. The van der Waals surface area contributed by atoms with Crippen molar-refractivity contribution in [2.75, 3.05) is 13.6 Å². The van der Waals surface area contributed by atoms with E-state index in [-0.39, 0.29) is 23.4 Å². The largest absolute Gasteiger partial charge is 0.416 e. The van der Waals surface area contributed by atoms with Gasteiger partial charge < -0.3 is 16.8 Å². The predicted octanol–water partition coefficient (Wildman–Crippen LogP) is 4.33. The van der Waals surface area contributed by atoms with E-state index in [1.807, 2.05) is 0 Å². The fraction of sp³-hybridized carbons (Fsp3) is 0.263. The van der Waals surface area contributed by atoms with E-state index < -0.39 is 23.7 Å². The van der Waals surface area contributed by atoms with Gasteiger partial charge in [-0.05, 0) is 40.0 Å². The summed E-state index contributed by atoms with van der Waals surface area (Å²) in [5.74, 6) is -0.489. The van der Waals surface area contributed by atoms with Crippen molar-refractivity contribution in [1.82, 2.24) is 5.32 Å². The highest BCUT2D eigenvalue weighted by Crippen LogP contribution is 2.33. The van der Waals surface area contributed by atoms with Crippen LogP contribution in [-0.2, 0) is 12.6 Å². The van der Waals surface area contributed by atoms with Crippen molar-refractivity contribution in [2.24, 2.45) is 16.5 Å². The van der Waals surface area contributed by atoms with Gasteiger partial charge in [-0.25, -0.2) is 0 Å². The fourth-order valence-electron chi connectivity index (χ4n) is 2.77. The van der Waals surface area contributed by atoms with Gasteiger partial charge in [-0.3, -0.25) is 9.79 Å². The molecule has 0 aliphatic carbocycles. The number of hydrogen-bond acceptors (Lipinski definition) is 5. The first-order chi connectivity index (χ1) is 14.1. The summed E-state index contributed by atoms with van der Waals surface area (Å²) in [5.41, 5.74) is 11.5. The van der Waals surface area contributed by atoms with E-state index in [1.165, 1.54) is 24.4 Å². The molecule has 2 aromatic rings. The van der Waals surface area contributed by atoms with Crippen molar-refractivity contribution in [2.45, 2.75) is 18.6 Å². The minimum Gasteiger partial charge on any atom is -0.404 e. The van der Waals surface area contributed by atoms with Crippen molar-refractivity contribution in [3.8, 4) is 0 Å². The number of alkyl halides is 3. The number of rotatable bonds is 7. The Labute approximate surface area is 189 Å². The average molecular weight is 524 g/mol. The minimum atomic E-state index is -4.49. The quantitative estimate of drug-likeness (QED) is 0.472. The number of aliphatic imine (C=N–C) groups is 1. The average Bonchev–Trinajstić information content (AvgIpc) is 3.09. The van der Waals surface area contributed by atoms with Crippen LogP contribution in [0.4, 0.5) is 13.2 Å². The summed E-state index contributed by atoms with van der Waals surface area (Å²) in [7, 11) is 1.55. The topological polar surface area (TPSA) is 93.5 Å². The molecule has 5 nitrogen and oxygen atoms in total. The van der Waals surface area contributed by atoms with Gasteiger partial charge in [0.05, 0.1) is 20.6 Å². The highest BCUT2D eigenvalue weighted by Gasteiger charge is 2.33. The third kappa shape index (κ3) is 5.84. The van der Waals surface area contributed by atoms with E-state index in [4.69, 9.17) is 23.1 Å². The maximum Gasteiger partial charge on any atom is 0.416 e. The molecule has 0 spiro atoms. The molecule has 0 aliphatic rings. The van der Waals surface area contributed by atoms with Gasteiger partial charge in [-0.1, -0.05) is 29.8 Å². The third-order valence-corrected chi connectivity index (χ3v) is 6.17. The Morgan fingerprint density at radius 2 is 2.07 bits per heavy atom. The van der Waals surface area contributed by atoms with Crippen LogP contribution in [0, 0.1) is 0 Å². The first-order valence-corrected chi connectivity index (χ1v) is 10.6. The molecule has 11 heteroatoms. The number of carbonyl (C=O) groups excluding carboxylic acids is 1. The van der Waals surface area contributed by atoms with Crippen molar-refractivity contribution in [1.29, 1.82) is 0 Å². The molecule has 0 fully saturated rings. The van der Waals surface area contributed by atoms with Crippen LogP contribution in [0.1, 0.15) is 26.4 Å². The standard InChI is InChI=1S/C19H19BrClF3N4OS/c1-27-16(14(20)9-26)12-7-15(30-17(12)21)18(29)28-11(8-25)6-10-4-2-3-5-13(10)19(22,23)24/h2-5,7,9,11H,6,8,25-26H2,1H3,(H,28,29). The van der Waals surface area contributed by atoms with Crippen LogP contribution in [0.3, 0.4) is 0 Å². The molecule has 1 atom stereocenters. The summed E-state index contributed by atoms with van der Waals surface area (Å²) in [5, 5.41) is 2.68. The van der Waals surface area contributed by atoms with E-state index in [2.05, 4.69) is 26.2 Å². The monoisotopic (exact) mass is 522 g/mol. The summed E-state index contributed by atoms with van der Waals surface area (Å²) in [4.78, 5) is 17.1. The zero-order valence-corrected chi connectivity index (χ0v) is 18.9. The first kappa shape index (κ1) is 24.4. The molecular formula is C19H19BrClF3N4OS. The Kier molecular flexibility index (Phi) is 8.48. The maximum absolute atomic E-state index is 13.2. The van der Waals surface area contributed by atoms with Gasteiger partial charge in [-0.15, -0.1) is 11.3 Å². The number of nitrogens with two attached hydrogens (primary N) is 2. The smallest absolute Gasteiger partial charge is 0.404 e. The lowest BCUT2D eigenvalue weighted by Crippen LogP contribution is -2.41. The van der Waals surface area contributed by atoms with Gasteiger partial charge in [-0.2, -0.15) is 13.2 Å². The van der Waals surface area contributed by atoms with E-state index >= 15 is 0 Å². The SMILES string of the molecule is CN=C(C(Br)=CN)c1cc(C(=O)NC(CN)Cc2ccccc2C(F)(F)F)sc1Cl. The number of amides is 1. The zero-order valence-electron chi connectivity index (χ0n) is 15.8. The fourth-order valence-corrected chi connectivity index (χ4v) is 4.34. The molecule has 0 radical (unpaired) electrons. The Morgan fingerprint density at radius 3 is 2.63 bits per heavy atom. The molecule has 0 saturated carbocycles. The Morgan fingerprint density at radius 1 is 1.40 bits per heavy atom. The number of carbonyl (C=O) groups is 1. The number of benzene rings is 1. The highest BCUT2D eigenvalue weighted by molar-refractivity contribution is 9.12. The molecule has 5 N–H and O–H groups in total. The van der Waals surface area contributed by atoms with Gasteiger partial charge in [0.25, 0.3) is 5.91 Å². The van der Waals surface area contributed by atoms with Crippen molar-refractivity contribution < 1.29 is 18.0 Å². The molecule has 162 valence electrons. The lowest BCUT2D eigenvalue weighted by molar-refractivity contribution is -0.138. The van der Waals surface area contributed by atoms with Crippen LogP contribution < -0.4 is 16.8 Å². The number of thiophene rings is 1. The molecule has 1 heterocycles. The van der Waals surface area contributed by atoms with Gasteiger partial charge >= 0.3 is 6.18 Å². The van der Waals surface area contributed by atoms with Crippen LogP contribution in [0.15, 0.2) is 46.0 Å². The second kappa shape index (κ2) is 10.4. The zero-order chi connectivity index (χ0) is 22.5. The minimum absolute atomic E-state index is 0.0347. The molecule has 0 aliphatic heterocycles. The summed E-state index contributed by atoms with van der Waals surface area (Å²) < 4.78 is 40.5. The summed E-state index contributed by atoms with van der Waals surface area (Å²) in [6.45, 7) is -0.0347. The van der Waals surface area contributed by atoms with Gasteiger partial charge in [0.2, 0.25) is 0 Å². The van der Waals surface area contributed by atoms with Crippen LogP contribution in [0.5, 0.6) is 0 Å². The summed E-state index contributed by atoms with van der Waals surface area (Å²) in [6.07, 6.45) is -3.25. The van der Waals surface area contributed by atoms with Crippen LogP contribution in [0.2, 0.25) is 4.34 Å². The second-order valence-corrected chi connectivity index (χ2v) is 8.66. The number of nitrogens with zero attached hydrogens (tertiary/aromatic N) is 1. The number of halogens is 5. The molecule has 0 bridgehead atoms. The third-order valence-electron chi connectivity index (χ3n) is 4.17. The molecule has 1 aromatic heterocycles. The van der Waals surface area contributed by atoms with E-state index in [0.717, 1.165) is 17.4 Å². The molecule has 1 amide bonds. The van der Waals surface area contributed by atoms with Crippen molar-refractivity contribution >= 4 is 50.5 Å². The van der Waals surface area contributed by atoms with Crippen LogP contribution in [0.25, 0.3) is 0 Å². The Hall–Kier alpha value is -1.88. The normalized spacial score (nSPS) is 14.0. The molecule has 30 heavy (non-hydrogen) atoms. The first-order valence-electron chi connectivity index (χ1n) is 8.62. The van der Waals surface area contributed by atoms with Gasteiger partial charge in [0, 0.05) is 31.4 Å². The molecule has 0 saturated heterocycles. The lowest BCUT2D eigenvalue weighted by Gasteiger charge is -2.19. The molecular weight excluding hydrogens is 505 g/mol. The van der Waals surface area contributed by atoms with Crippen molar-refractivity contribution in [3.05, 3.63) is 66.9 Å². The van der Waals surface area contributed by atoms with Crippen molar-refractivity contribution in [3.63, 3.8) is 0 Å². The molecule has 1 aromatic carbocycles. The molecule has 1 unspecified atom stereocenters. The molecule has 2 rings (SSSR count). The van der Waals surface area contributed by atoms with E-state index in [1.54, 1.807) is 13.1 Å². The Bertz CT molecular complexity index is 975. The van der Waals surface area contributed by atoms with Gasteiger partial charge in [0.15, 0.2) is 0 Å². The lowest BCUT2D eigenvalue weighted by atomic mass is 9.99. The number of nitrogens with one attached hydrogen (secondary N) is 1. The predicted molar refractivity (Wildman–Crippen MR) is 118 cm³/mol. The number of hydrogen-bond donors (Lipinski definition) is 3. The maximum atomic E-state index is 13.2. The van der Waals surface area contributed by atoms with Crippen LogP contribution >= 0.6 is 38.9 Å². The Balaban J connectivity index is 2.22. The second-order valence-electron chi connectivity index (χ2n) is 6.15. The summed E-state index contributed by atoms with van der Waals surface area (Å²) in [6, 6.07) is 6.06. The van der Waals surface area contributed by atoms with Crippen LogP contribution in [-0.4, -0.2) is 31.3 Å². The van der Waals surface area contributed by atoms with E-state index in [0.29, 0.717) is 20.1 Å². The van der Waals surface area contributed by atoms with Gasteiger partial charge in [0.1, 0.15) is 4.34 Å². The number of allylic oxidation sites excluding steroid dienone is 1.